The van der Waals surface area contributed by atoms with E-state index < -0.39 is 16.1 Å². The third-order valence-corrected chi connectivity index (χ3v) is 5.37. The zero-order valence-corrected chi connectivity index (χ0v) is 16.7. The number of methoxy groups -OCH3 is 1. The van der Waals surface area contributed by atoms with E-state index in [1.54, 1.807) is 31.2 Å². The lowest BCUT2D eigenvalue weighted by atomic mass is 10.1. The Morgan fingerprint density at radius 3 is 2.44 bits per heavy atom. The molecule has 0 radical (unpaired) electrons. The van der Waals surface area contributed by atoms with Crippen molar-refractivity contribution < 1.29 is 17.9 Å². The van der Waals surface area contributed by atoms with Gasteiger partial charge in [-0.25, -0.2) is 8.42 Å². The van der Waals surface area contributed by atoms with Crippen molar-refractivity contribution in [2.75, 3.05) is 24.2 Å². The Morgan fingerprint density at radius 1 is 1.15 bits per heavy atom. The summed E-state index contributed by atoms with van der Waals surface area (Å²) in [5.74, 6) is 0.210. The summed E-state index contributed by atoms with van der Waals surface area (Å²) in [6.07, 6.45) is 2.13. The predicted molar refractivity (Wildman–Crippen MR) is 108 cm³/mol. The molecule has 1 atom stereocenters. The summed E-state index contributed by atoms with van der Waals surface area (Å²) in [4.78, 5) is 12.7. The van der Waals surface area contributed by atoms with Gasteiger partial charge < -0.3 is 10.1 Å². The zero-order chi connectivity index (χ0) is 19.9. The first kappa shape index (κ1) is 20.8. The Hall–Kier alpha value is -2.54. The number of anilines is 1. The van der Waals surface area contributed by atoms with E-state index in [2.05, 4.69) is 5.32 Å². The maximum atomic E-state index is 12.7. The van der Waals surface area contributed by atoms with Crippen molar-refractivity contribution >= 4 is 21.6 Å². The molecule has 0 unspecified atom stereocenters. The van der Waals surface area contributed by atoms with Crippen molar-refractivity contribution in [1.29, 1.82) is 0 Å². The molecule has 0 aromatic heterocycles. The van der Waals surface area contributed by atoms with Gasteiger partial charge >= 0.3 is 0 Å². The minimum atomic E-state index is -3.66. The van der Waals surface area contributed by atoms with Crippen LogP contribution in [-0.2, 0) is 21.2 Å². The number of hydrogen-bond acceptors (Lipinski definition) is 4. The Kier molecular flexibility index (Phi) is 7.24. The summed E-state index contributed by atoms with van der Waals surface area (Å²) < 4.78 is 31.2. The second kappa shape index (κ2) is 9.41. The average Bonchev–Trinajstić information content (AvgIpc) is 2.65. The Bertz CT molecular complexity index is 853. The number of carbonyl (C=O) groups is 1. The molecule has 0 fully saturated rings. The van der Waals surface area contributed by atoms with Crippen molar-refractivity contribution in [2.45, 2.75) is 25.8 Å². The fraction of sp³-hybridized carbons (Fsp3) is 0.350. The monoisotopic (exact) mass is 390 g/mol. The van der Waals surface area contributed by atoms with Crippen LogP contribution in [0.4, 0.5) is 5.69 Å². The minimum Gasteiger partial charge on any atom is -0.497 e. The molecular formula is C20H26N2O4S. The summed E-state index contributed by atoms with van der Waals surface area (Å²) in [7, 11) is -2.15. The number of amides is 1. The van der Waals surface area contributed by atoms with Gasteiger partial charge in [-0.15, -0.1) is 0 Å². The molecule has 0 heterocycles. The number of sulfonamides is 1. The van der Waals surface area contributed by atoms with E-state index in [0.29, 0.717) is 30.8 Å². The Labute approximate surface area is 161 Å². The van der Waals surface area contributed by atoms with Crippen molar-refractivity contribution in [1.82, 2.24) is 5.32 Å². The number of benzene rings is 2. The predicted octanol–water partition coefficient (Wildman–Crippen LogP) is 2.60. The van der Waals surface area contributed by atoms with Crippen LogP contribution in [0.1, 0.15) is 18.9 Å². The molecule has 1 N–H and O–H groups in total. The van der Waals surface area contributed by atoms with E-state index in [1.807, 2.05) is 30.3 Å². The molecule has 0 aliphatic carbocycles. The van der Waals surface area contributed by atoms with Crippen LogP contribution in [0.3, 0.4) is 0 Å². The lowest BCUT2D eigenvalue weighted by Crippen LogP contribution is -2.49. The molecule has 27 heavy (non-hydrogen) atoms. The smallest absolute Gasteiger partial charge is 0.243 e. The molecule has 1 amide bonds. The number of carbonyl (C=O) groups excluding carboxylic acids is 1. The van der Waals surface area contributed by atoms with Crippen molar-refractivity contribution in [3.8, 4) is 5.75 Å². The van der Waals surface area contributed by atoms with E-state index in [4.69, 9.17) is 4.74 Å². The second-order valence-corrected chi connectivity index (χ2v) is 8.07. The highest BCUT2D eigenvalue weighted by molar-refractivity contribution is 7.92. The largest absolute Gasteiger partial charge is 0.497 e. The molecule has 0 saturated carbocycles. The fourth-order valence-corrected chi connectivity index (χ4v) is 4.10. The van der Waals surface area contributed by atoms with Crippen LogP contribution in [0, 0.1) is 0 Å². The van der Waals surface area contributed by atoms with Gasteiger partial charge in [0.05, 0.1) is 19.1 Å². The molecule has 0 spiro atoms. The van der Waals surface area contributed by atoms with Gasteiger partial charge in [0.1, 0.15) is 11.8 Å². The van der Waals surface area contributed by atoms with Crippen LogP contribution < -0.4 is 14.4 Å². The highest BCUT2D eigenvalue weighted by atomic mass is 32.2. The highest BCUT2D eigenvalue weighted by Gasteiger charge is 2.31. The number of hydrogen-bond donors (Lipinski definition) is 1. The lowest BCUT2D eigenvalue weighted by molar-refractivity contribution is -0.122. The Balaban J connectivity index is 2.17. The van der Waals surface area contributed by atoms with Crippen LogP contribution in [-0.4, -0.2) is 40.3 Å². The normalized spacial score (nSPS) is 12.3. The van der Waals surface area contributed by atoms with Gasteiger partial charge in [-0.05, 0) is 30.5 Å². The lowest BCUT2D eigenvalue weighted by Gasteiger charge is -2.30. The molecule has 0 aliphatic rings. The minimum absolute atomic E-state index is 0.318. The SMILES string of the molecule is CC[C@H](C(=O)NCCc1ccccc1)N(c1cccc(OC)c1)S(C)(=O)=O. The van der Waals surface area contributed by atoms with E-state index in [-0.39, 0.29) is 5.91 Å². The van der Waals surface area contributed by atoms with Crippen LogP contribution in [0.5, 0.6) is 5.75 Å². The molecule has 7 heteroatoms. The number of nitrogens with zero attached hydrogens (tertiary/aromatic N) is 1. The van der Waals surface area contributed by atoms with Gasteiger partial charge in [-0.2, -0.15) is 0 Å². The van der Waals surface area contributed by atoms with Gasteiger partial charge in [0, 0.05) is 12.6 Å². The molecule has 146 valence electrons. The van der Waals surface area contributed by atoms with Crippen LogP contribution in [0.2, 0.25) is 0 Å². The summed E-state index contributed by atoms with van der Waals surface area (Å²) in [5.41, 5.74) is 1.51. The van der Waals surface area contributed by atoms with E-state index in [0.717, 1.165) is 16.1 Å². The van der Waals surface area contributed by atoms with Gasteiger partial charge in [-0.3, -0.25) is 9.10 Å². The summed E-state index contributed by atoms with van der Waals surface area (Å²) >= 11 is 0. The first-order valence-corrected chi connectivity index (χ1v) is 10.7. The molecule has 0 aliphatic heterocycles. The van der Waals surface area contributed by atoms with Crippen LogP contribution in [0.15, 0.2) is 54.6 Å². The Morgan fingerprint density at radius 2 is 1.85 bits per heavy atom. The summed E-state index contributed by atoms with van der Waals surface area (Å²) in [6, 6.07) is 15.7. The first-order valence-electron chi connectivity index (χ1n) is 8.82. The van der Waals surface area contributed by atoms with Gasteiger partial charge in [0.25, 0.3) is 0 Å². The van der Waals surface area contributed by atoms with E-state index in [1.165, 1.54) is 7.11 Å². The third-order valence-electron chi connectivity index (χ3n) is 4.19. The molecular weight excluding hydrogens is 364 g/mol. The molecule has 6 nitrogen and oxygen atoms in total. The summed E-state index contributed by atoms with van der Waals surface area (Å²) in [6.45, 7) is 2.23. The first-order chi connectivity index (χ1) is 12.9. The molecule has 0 bridgehead atoms. The average molecular weight is 391 g/mol. The van der Waals surface area contributed by atoms with Crippen molar-refractivity contribution in [3.63, 3.8) is 0 Å². The van der Waals surface area contributed by atoms with Gasteiger partial charge in [0.2, 0.25) is 15.9 Å². The maximum absolute atomic E-state index is 12.7. The van der Waals surface area contributed by atoms with Gasteiger partial charge in [0.15, 0.2) is 0 Å². The highest BCUT2D eigenvalue weighted by Crippen LogP contribution is 2.26. The second-order valence-electron chi connectivity index (χ2n) is 6.21. The maximum Gasteiger partial charge on any atom is 0.243 e. The number of ether oxygens (including phenoxy) is 1. The molecule has 2 aromatic carbocycles. The quantitative estimate of drug-likeness (QED) is 0.714. The number of nitrogens with one attached hydrogen (secondary N) is 1. The zero-order valence-electron chi connectivity index (χ0n) is 15.9. The molecule has 0 saturated heterocycles. The molecule has 2 rings (SSSR count). The van der Waals surface area contributed by atoms with Crippen molar-refractivity contribution in [2.24, 2.45) is 0 Å². The standard InChI is InChI=1S/C20H26N2O4S/c1-4-19(20(23)21-14-13-16-9-6-5-7-10-16)22(27(3,24)25)17-11-8-12-18(15-17)26-2/h5-12,15,19H,4,13-14H2,1-3H3,(H,21,23)/t19-/m1/s1. The van der Waals surface area contributed by atoms with Crippen LogP contribution >= 0.6 is 0 Å². The molecule has 2 aromatic rings. The fourth-order valence-electron chi connectivity index (χ4n) is 2.90. The van der Waals surface area contributed by atoms with E-state index >= 15 is 0 Å². The van der Waals surface area contributed by atoms with Crippen LogP contribution in [0.25, 0.3) is 0 Å². The third kappa shape index (κ3) is 5.72. The van der Waals surface area contributed by atoms with Gasteiger partial charge in [-0.1, -0.05) is 43.3 Å². The van der Waals surface area contributed by atoms with Crippen molar-refractivity contribution in [3.05, 3.63) is 60.2 Å². The summed E-state index contributed by atoms with van der Waals surface area (Å²) in [5, 5.41) is 2.86. The van der Waals surface area contributed by atoms with E-state index in [9.17, 15) is 13.2 Å². The number of rotatable bonds is 9. The topological polar surface area (TPSA) is 75.7 Å².